The van der Waals surface area contributed by atoms with Gasteiger partial charge in [-0.3, -0.25) is 4.79 Å². The zero-order valence-corrected chi connectivity index (χ0v) is 12.8. The maximum Gasteiger partial charge on any atom is 0.219 e. The Labute approximate surface area is 121 Å². The fourth-order valence-corrected chi connectivity index (χ4v) is 2.75. The Balaban J connectivity index is 1.95. The van der Waals surface area contributed by atoms with E-state index in [0.717, 1.165) is 38.0 Å². The van der Waals surface area contributed by atoms with Crippen molar-refractivity contribution >= 4 is 5.91 Å². The number of hydrogen-bond acceptors (Lipinski definition) is 2. The van der Waals surface area contributed by atoms with Crippen molar-refractivity contribution < 1.29 is 9.53 Å². The minimum Gasteiger partial charge on any atom is -0.491 e. The summed E-state index contributed by atoms with van der Waals surface area (Å²) in [5.74, 6) is 1.13. The van der Waals surface area contributed by atoms with E-state index < -0.39 is 0 Å². The molecule has 1 unspecified atom stereocenters. The smallest absolute Gasteiger partial charge is 0.219 e. The van der Waals surface area contributed by atoms with Gasteiger partial charge in [0.25, 0.3) is 0 Å². The molecule has 0 N–H and O–H groups in total. The Bertz CT molecular complexity index is 441. The molecule has 2 atom stereocenters. The largest absolute Gasteiger partial charge is 0.491 e. The minimum absolute atomic E-state index is 0.198. The SMILES string of the molecule is CC[C@@H](C)Oc1ccc(CC2CCCN2C(C)=O)cc1. The lowest BCUT2D eigenvalue weighted by atomic mass is 10.0. The first-order valence-corrected chi connectivity index (χ1v) is 7.63. The molecule has 0 saturated carbocycles. The number of ether oxygens (including phenoxy) is 1. The third kappa shape index (κ3) is 3.75. The van der Waals surface area contributed by atoms with Gasteiger partial charge >= 0.3 is 0 Å². The van der Waals surface area contributed by atoms with E-state index in [1.807, 2.05) is 17.0 Å². The molecule has 2 rings (SSSR count). The Morgan fingerprint density at radius 3 is 2.70 bits per heavy atom. The molecular formula is C17H25NO2. The van der Waals surface area contributed by atoms with Crippen molar-refractivity contribution in [2.24, 2.45) is 0 Å². The number of nitrogens with zero attached hydrogens (tertiary/aromatic N) is 1. The van der Waals surface area contributed by atoms with Crippen molar-refractivity contribution in [3.63, 3.8) is 0 Å². The first-order chi connectivity index (χ1) is 9.60. The maximum atomic E-state index is 11.6. The Morgan fingerprint density at radius 1 is 1.40 bits per heavy atom. The monoisotopic (exact) mass is 275 g/mol. The molecule has 1 aliphatic heterocycles. The number of rotatable bonds is 5. The highest BCUT2D eigenvalue weighted by molar-refractivity contribution is 5.73. The summed E-state index contributed by atoms with van der Waals surface area (Å²) in [4.78, 5) is 13.6. The number of carbonyl (C=O) groups is 1. The van der Waals surface area contributed by atoms with Crippen molar-refractivity contribution in [3.8, 4) is 5.75 Å². The van der Waals surface area contributed by atoms with Gasteiger partial charge in [0.15, 0.2) is 0 Å². The molecule has 0 bridgehead atoms. The molecule has 1 saturated heterocycles. The van der Waals surface area contributed by atoms with Crippen molar-refractivity contribution in [2.45, 2.75) is 58.6 Å². The van der Waals surface area contributed by atoms with Gasteiger partial charge in [-0.2, -0.15) is 0 Å². The average molecular weight is 275 g/mol. The van der Waals surface area contributed by atoms with Crippen LogP contribution in [0.25, 0.3) is 0 Å². The van der Waals surface area contributed by atoms with E-state index >= 15 is 0 Å². The van der Waals surface area contributed by atoms with Crippen LogP contribution in [0.4, 0.5) is 0 Å². The summed E-state index contributed by atoms with van der Waals surface area (Å²) >= 11 is 0. The van der Waals surface area contributed by atoms with E-state index in [1.165, 1.54) is 5.56 Å². The van der Waals surface area contributed by atoms with Gasteiger partial charge in [-0.25, -0.2) is 0 Å². The van der Waals surface area contributed by atoms with E-state index in [9.17, 15) is 4.79 Å². The van der Waals surface area contributed by atoms with Gasteiger partial charge < -0.3 is 9.64 Å². The van der Waals surface area contributed by atoms with Gasteiger partial charge in [0.1, 0.15) is 5.75 Å². The van der Waals surface area contributed by atoms with Gasteiger partial charge in [0, 0.05) is 19.5 Å². The Morgan fingerprint density at radius 2 is 2.10 bits per heavy atom. The second-order valence-electron chi connectivity index (χ2n) is 5.69. The fourth-order valence-electron chi connectivity index (χ4n) is 2.75. The molecule has 20 heavy (non-hydrogen) atoms. The predicted molar refractivity (Wildman–Crippen MR) is 80.9 cm³/mol. The summed E-state index contributed by atoms with van der Waals surface area (Å²) in [6, 6.07) is 8.68. The second kappa shape index (κ2) is 6.78. The van der Waals surface area contributed by atoms with Crippen LogP contribution in [0.2, 0.25) is 0 Å². The summed E-state index contributed by atoms with van der Waals surface area (Å²) in [5, 5.41) is 0. The predicted octanol–water partition coefficient (Wildman–Crippen LogP) is 3.42. The molecule has 1 fully saturated rings. The molecule has 1 amide bonds. The summed E-state index contributed by atoms with van der Waals surface area (Å²) in [6.07, 6.45) is 4.45. The number of benzene rings is 1. The van der Waals surface area contributed by atoms with Crippen LogP contribution in [-0.4, -0.2) is 29.5 Å². The normalized spacial score (nSPS) is 19.9. The molecular weight excluding hydrogens is 250 g/mol. The Kier molecular flexibility index (Phi) is 5.05. The summed E-state index contributed by atoms with van der Waals surface area (Å²) < 4.78 is 5.78. The molecule has 1 aromatic rings. The van der Waals surface area contributed by atoms with Crippen LogP contribution in [0.3, 0.4) is 0 Å². The van der Waals surface area contributed by atoms with Crippen LogP contribution in [0.1, 0.15) is 45.6 Å². The van der Waals surface area contributed by atoms with Gasteiger partial charge in [-0.1, -0.05) is 19.1 Å². The standard InChI is InChI=1S/C17H25NO2/c1-4-13(2)20-17-9-7-15(8-10-17)12-16-6-5-11-18(16)14(3)19/h7-10,13,16H,4-6,11-12H2,1-3H3/t13-,16?/m1/s1. The molecule has 0 spiro atoms. The number of amides is 1. The lowest BCUT2D eigenvalue weighted by molar-refractivity contribution is -0.129. The lowest BCUT2D eigenvalue weighted by Crippen LogP contribution is -2.34. The zero-order chi connectivity index (χ0) is 14.5. The van der Waals surface area contributed by atoms with E-state index in [-0.39, 0.29) is 12.0 Å². The molecule has 3 nitrogen and oxygen atoms in total. The molecule has 0 aromatic heterocycles. The van der Waals surface area contributed by atoms with Gasteiger partial charge in [-0.05, 0) is 50.3 Å². The Hall–Kier alpha value is -1.51. The molecule has 110 valence electrons. The topological polar surface area (TPSA) is 29.5 Å². The van der Waals surface area contributed by atoms with E-state index in [2.05, 4.69) is 26.0 Å². The molecule has 1 heterocycles. The van der Waals surface area contributed by atoms with Gasteiger partial charge in [0.2, 0.25) is 5.91 Å². The highest BCUT2D eigenvalue weighted by Crippen LogP contribution is 2.22. The van der Waals surface area contributed by atoms with Crippen LogP contribution in [-0.2, 0) is 11.2 Å². The van der Waals surface area contributed by atoms with Gasteiger partial charge in [0.05, 0.1) is 6.10 Å². The second-order valence-corrected chi connectivity index (χ2v) is 5.69. The third-order valence-electron chi connectivity index (χ3n) is 4.09. The first-order valence-electron chi connectivity index (χ1n) is 7.63. The molecule has 1 aliphatic rings. The molecule has 1 aromatic carbocycles. The highest BCUT2D eigenvalue weighted by atomic mass is 16.5. The van der Waals surface area contributed by atoms with Crippen LogP contribution in [0.15, 0.2) is 24.3 Å². The number of hydrogen-bond donors (Lipinski definition) is 0. The zero-order valence-electron chi connectivity index (χ0n) is 12.8. The van der Waals surface area contributed by atoms with Crippen LogP contribution >= 0.6 is 0 Å². The molecule has 0 radical (unpaired) electrons. The third-order valence-corrected chi connectivity index (χ3v) is 4.09. The summed E-state index contributed by atoms with van der Waals surface area (Å²) in [5.41, 5.74) is 1.28. The number of likely N-dealkylation sites (tertiary alicyclic amines) is 1. The quantitative estimate of drug-likeness (QED) is 0.824. The molecule has 0 aliphatic carbocycles. The minimum atomic E-state index is 0.198. The fraction of sp³-hybridized carbons (Fsp3) is 0.588. The molecule has 3 heteroatoms. The first kappa shape index (κ1) is 14.9. The van der Waals surface area contributed by atoms with Crippen LogP contribution < -0.4 is 4.74 Å². The summed E-state index contributed by atoms with van der Waals surface area (Å²) in [6.45, 7) is 6.78. The number of carbonyl (C=O) groups excluding carboxylic acids is 1. The van der Waals surface area contributed by atoms with Crippen LogP contribution in [0, 0.1) is 0 Å². The van der Waals surface area contributed by atoms with Gasteiger partial charge in [-0.15, -0.1) is 0 Å². The maximum absolute atomic E-state index is 11.6. The lowest BCUT2D eigenvalue weighted by Gasteiger charge is -2.23. The summed E-state index contributed by atoms with van der Waals surface area (Å²) in [7, 11) is 0. The van der Waals surface area contributed by atoms with E-state index in [1.54, 1.807) is 6.92 Å². The van der Waals surface area contributed by atoms with Crippen molar-refractivity contribution in [3.05, 3.63) is 29.8 Å². The van der Waals surface area contributed by atoms with Crippen LogP contribution in [0.5, 0.6) is 5.75 Å². The van der Waals surface area contributed by atoms with E-state index in [4.69, 9.17) is 4.74 Å². The average Bonchev–Trinajstić information content (AvgIpc) is 2.89. The van der Waals surface area contributed by atoms with Crippen molar-refractivity contribution in [1.82, 2.24) is 4.90 Å². The highest BCUT2D eigenvalue weighted by Gasteiger charge is 2.26. The van der Waals surface area contributed by atoms with Crippen molar-refractivity contribution in [1.29, 1.82) is 0 Å². The van der Waals surface area contributed by atoms with E-state index in [0.29, 0.717) is 6.04 Å². The van der Waals surface area contributed by atoms with Crippen molar-refractivity contribution in [2.75, 3.05) is 6.54 Å².